The zero-order valence-electron chi connectivity index (χ0n) is 18.1. The fourth-order valence-electron chi connectivity index (χ4n) is 4.07. The topological polar surface area (TPSA) is 87.4 Å². The van der Waals surface area contributed by atoms with Crippen molar-refractivity contribution in [2.75, 3.05) is 41.4 Å². The van der Waals surface area contributed by atoms with Gasteiger partial charge in [-0.3, -0.25) is 0 Å². The maximum atomic E-state index is 6.60. The minimum atomic E-state index is 0.435. The Morgan fingerprint density at radius 1 is 0.906 bits per heavy atom. The van der Waals surface area contributed by atoms with Crippen molar-refractivity contribution in [3.8, 4) is 5.69 Å². The molecule has 166 valence electrons. The van der Waals surface area contributed by atoms with E-state index in [9.17, 15) is 0 Å². The van der Waals surface area contributed by atoms with Gasteiger partial charge in [-0.05, 0) is 44.7 Å². The Labute approximate surface area is 192 Å². The van der Waals surface area contributed by atoms with E-state index in [-0.39, 0.29) is 0 Å². The molecule has 0 amide bonds. The molecule has 0 aliphatic carbocycles. The Morgan fingerprint density at radius 2 is 1.50 bits per heavy atom. The van der Waals surface area contributed by atoms with Gasteiger partial charge in [-0.25, -0.2) is 10.1 Å². The normalized spacial score (nSPS) is 16.4. The molecule has 2 fully saturated rings. The van der Waals surface area contributed by atoms with Gasteiger partial charge in [0.25, 0.3) is 0 Å². The SMILES string of the molecule is Cc1nn(-c2ccccc2)c(Cl)c1C=NNc1nc(N2CCCC2)nc(N2CCCC2)n1. The van der Waals surface area contributed by atoms with Crippen molar-refractivity contribution in [1.82, 2.24) is 24.7 Å². The molecule has 1 N–H and O–H groups in total. The third-order valence-corrected chi connectivity index (χ3v) is 6.16. The number of para-hydroxylation sites is 1. The van der Waals surface area contributed by atoms with Crippen LogP contribution in [0.1, 0.15) is 36.9 Å². The molecule has 2 saturated heterocycles. The lowest BCUT2D eigenvalue weighted by Gasteiger charge is -2.20. The lowest BCUT2D eigenvalue weighted by molar-refractivity contribution is 0.838. The van der Waals surface area contributed by atoms with E-state index < -0.39 is 0 Å². The first-order valence-corrected chi connectivity index (χ1v) is 11.4. The highest BCUT2D eigenvalue weighted by Crippen LogP contribution is 2.24. The Morgan fingerprint density at radius 3 is 2.09 bits per heavy atom. The van der Waals surface area contributed by atoms with Gasteiger partial charge < -0.3 is 9.80 Å². The zero-order valence-corrected chi connectivity index (χ0v) is 18.8. The van der Waals surface area contributed by atoms with Crippen molar-refractivity contribution >= 4 is 35.7 Å². The number of hydrazone groups is 1. The van der Waals surface area contributed by atoms with Crippen molar-refractivity contribution < 1.29 is 0 Å². The first kappa shape index (κ1) is 20.7. The molecule has 2 aromatic heterocycles. The Balaban J connectivity index is 1.39. The fourth-order valence-corrected chi connectivity index (χ4v) is 4.39. The van der Waals surface area contributed by atoms with Crippen LogP contribution in [0.5, 0.6) is 0 Å². The van der Waals surface area contributed by atoms with E-state index in [4.69, 9.17) is 16.6 Å². The molecule has 2 aliphatic rings. The van der Waals surface area contributed by atoms with Crippen LogP contribution in [0.15, 0.2) is 35.4 Å². The van der Waals surface area contributed by atoms with Crippen LogP contribution in [0.4, 0.5) is 17.8 Å². The maximum absolute atomic E-state index is 6.60. The van der Waals surface area contributed by atoms with Crippen molar-refractivity contribution in [1.29, 1.82) is 0 Å². The molecule has 9 nitrogen and oxygen atoms in total. The van der Waals surface area contributed by atoms with Crippen LogP contribution in [0, 0.1) is 6.92 Å². The van der Waals surface area contributed by atoms with Crippen molar-refractivity contribution in [2.24, 2.45) is 5.10 Å². The second-order valence-corrected chi connectivity index (χ2v) is 8.41. The van der Waals surface area contributed by atoms with E-state index >= 15 is 0 Å². The van der Waals surface area contributed by atoms with Crippen LogP contribution in [0.2, 0.25) is 5.15 Å². The predicted octanol–water partition coefficient (Wildman–Crippen LogP) is 3.67. The Bertz CT molecular complexity index is 1070. The van der Waals surface area contributed by atoms with E-state index in [1.54, 1.807) is 10.9 Å². The Kier molecular flexibility index (Phi) is 5.89. The molecule has 0 radical (unpaired) electrons. The van der Waals surface area contributed by atoms with Crippen LogP contribution in [-0.4, -0.2) is 57.1 Å². The number of nitrogens with one attached hydrogen (secondary N) is 1. The smallest absolute Gasteiger partial charge is 0.250 e. The average Bonchev–Trinajstić information content (AvgIpc) is 3.58. The first-order chi connectivity index (χ1) is 15.7. The van der Waals surface area contributed by atoms with Gasteiger partial charge in [0.15, 0.2) is 0 Å². The lowest BCUT2D eigenvalue weighted by atomic mass is 10.3. The highest BCUT2D eigenvalue weighted by molar-refractivity contribution is 6.32. The molecule has 4 heterocycles. The summed E-state index contributed by atoms with van der Waals surface area (Å²) in [6, 6.07) is 9.79. The van der Waals surface area contributed by atoms with Gasteiger partial charge in [0.05, 0.1) is 23.2 Å². The highest BCUT2D eigenvalue weighted by Gasteiger charge is 2.21. The molecule has 0 saturated carbocycles. The van der Waals surface area contributed by atoms with Gasteiger partial charge in [0, 0.05) is 26.2 Å². The standard InChI is InChI=1S/C22H26ClN9/c1-16-18(19(23)32(29-16)17-9-3-2-4-10-17)15-24-28-20-25-21(30-11-5-6-12-30)27-22(26-20)31-13-7-8-14-31/h2-4,9-10,15H,5-8,11-14H2,1H3,(H,25,26,27,28). The number of hydrogen-bond acceptors (Lipinski definition) is 8. The highest BCUT2D eigenvalue weighted by atomic mass is 35.5. The van der Waals surface area contributed by atoms with Crippen LogP contribution >= 0.6 is 11.6 Å². The lowest BCUT2D eigenvalue weighted by Crippen LogP contribution is -2.25. The number of nitrogens with zero attached hydrogens (tertiary/aromatic N) is 8. The van der Waals surface area contributed by atoms with E-state index in [1.807, 2.05) is 37.3 Å². The summed E-state index contributed by atoms with van der Waals surface area (Å²) in [4.78, 5) is 18.4. The summed E-state index contributed by atoms with van der Waals surface area (Å²) in [5.74, 6) is 1.86. The van der Waals surface area contributed by atoms with E-state index in [2.05, 4.69) is 35.4 Å². The summed E-state index contributed by atoms with van der Waals surface area (Å²) >= 11 is 6.60. The molecule has 10 heteroatoms. The summed E-state index contributed by atoms with van der Waals surface area (Å²) in [6.45, 7) is 5.80. The van der Waals surface area contributed by atoms with Crippen LogP contribution < -0.4 is 15.2 Å². The molecular weight excluding hydrogens is 426 g/mol. The van der Waals surface area contributed by atoms with Gasteiger partial charge in [-0.15, -0.1) is 0 Å². The molecule has 0 unspecified atom stereocenters. The molecule has 2 aliphatic heterocycles. The van der Waals surface area contributed by atoms with Gasteiger partial charge in [-0.2, -0.15) is 25.2 Å². The third kappa shape index (κ3) is 4.25. The Hall–Kier alpha value is -3.20. The number of anilines is 3. The van der Waals surface area contributed by atoms with E-state index in [1.165, 1.54) is 0 Å². The van der Waals surface area contributed by atoms with Crippen molar-refractivity contribution in [2.45, 2.75) is 32.6 Å². The molecule has 0 spiro atoms. The summed E-state index contributed by atoms with van der Waals surface area (Å²) in [5.41, 5.74) is 5.42. The molecule has 0 bridgehead atoms. The van der Waals surface area contributed by atoms with Crippen LogP contribution in [-0.2, 0) is 0 Å². The molecule has 32 heavy (non-hydrogen) atoms. The number of benzene rings is 1. The zero-order chi connectivity index (χ0) is 21.9. The summed E-state index contributed by atoms with van der Waals surface area (Å²) in [5, 5.41) is 9.43. The number of hydrogen-bond donors (Lipinski definition) is 1. The molecule has 1 aromatic carbocycles. The molecular formula is C22H26ClN9. The van der Waals surface area contributed by atoms with Gasteiger partial charge in [0.1, 0.15) is 5.15 Å². The van der Waals surface area contributed by atoms with Gasteiger partial charge in [0.2, 0.25) is 17.8 Å². The van der Waals surface area contributed by atoms with Gasteiger partial charge in [-0.1, -0.05) is 29.8 Å². The number of aromatic nitrogens is 5. The van der Waals surface area contributed by atoms with Crippen molar-refractivity contribution in [3.63, 3.8) is 0 Å². The van der Waals surface area contributed by atoms with Gasteiger partial charge >= 0.3 is 0 Å². The molecule has 0 atom stereocenters. The summed E-state index contributed by atoms with van der Waals surface area (Å²) < 4.78 is 1.71. The third-order valence-electron chi connectivity index (χ3n) is 5.80. The minimum absolute atomic E-state index is 0.435. The minimum Gasteiger partial charge on any atom is -0.341 e. The van der Waals surface area contributed by atoms with Crippen molar-refractivity contribution in [3.05, 3.63) is 46.7 Å². The first-order valence-electron chi connectivity index (χ1n) is 11.0. The second-order valence-electron chi connectivity index (χ2n) is 8.05. The second kappa shape index (κ2) is 9.12. The fraction of sp³-hybridized carbons (Fsp3) is 0.409. The van der Waals surface area contributed by atoms with E-state index in [0.717, 1.165) is 68.8 Å². The number of rotatable bonds is 6. The van der Waals surface area contributed by atoms with Crippen LogP contribution in [0.3, 0.4) is 0 Å². The van der Waals surface area contributed by atoms with E-state index in [0.29, 0.717) is 23.0 Å². The molecule has 5 rings (SSSR count). The number of aryl methyl sites for hydroxylation is 1. The maximum Gasteiger partial charge on any atom is 0.250 e. The largest absolute Gasteiger partial charge is 0.341 e. The number of halogens is 1. The average molecular weight is 452 g/mol. The molecule has 3 aromatic rings. The quantitative estimate of drug-likeness (QED) is 0.452. The summed E-state index contributed by atoms with van der Waals surface area (Å²) in [7, 11) is 0. The van der Waals surface area contributed by atoms with Crippen LogP contribution in [0.25, 0.3) is 5.69 Å². The predicted molar refractivity (Wildman–Crippen MR) is 127 cm³/mol. The summed E-state index contributed by atoms with van der Waals surface area (Å²) in [6.07, 6.45) is 6.31. The monoisotopic (exact) mass is 451 g/mol.